The van der Waals surface area contributed by atoms with E-state index in [0.717, 1.165) is 5.57 Å². The third kappa shape index (κ3) is 4.91. The van der Waals surface area contributed by atoms with Gasteiger partial charge < -0.3 is 4.74 Å². The number of methoxy groups -OCH3 is 1. The van der Waals surface area contributed by atoms with Crippen LogP contribution < -0.4 is 0 Å². The van der Waals surface area contributed by atoms with Crippen LogP contribution in [0, 0.1) is 5.82 Å². The number of hydrogen-bond donors (Lipinski definition) is 0. The van der Waals surface area contributed by atoms with Crippen LogP contribution in [-0.2, 0) is 4.74 Å². The molecule has 0 saturated heterocycles. The van der Waals surface area contributed by atoms with Gasteiger partial charge in [-0.25, -0.2) is 27.9 Å². The van der Waals surface area contributed by atoms with E-state index < -0.39 is 17.7 Å². The molecule has 1 aliphatic carbocycles. The zero-order valence-corrected chi connectivity index (χ0v) is 16.1. The number of nitrogens with zero attached hydrogens (tertiary/aromatic N) is 2. The fourth-order valence-electron chi connectivity index (χ4n) is 3.28. The van der Waals surface area contributed by atoms with Crippen molar-refractivity contribution in [2.24, 2.45) is 0 Å². The lowest BCUT2D eigenvalue weighted by molar-refractivity contribution is -0.0131. The van der Waals surface area contributed by atoms with E-state index >= 15 is 0 Å². The average molecular weight is 402 g/mol. The molecule has 152 valence electrons. The van der Waals surface area contributed by atoms with Gasteiger partial charge in [-0.15, -0.1) is 0 Å². The molecule has 4 nitrogen and oxygen atoms in total. The Hall–Kier alpha value is -2.96. The number of halogens is 3. The van der Waals surface area contributed by atoms with E-state index in [-0.39, 0.29) is 30.7 Å². The van der Waals surface area contributed by atoms with Gasteiger partial charge in [-0.2, -0.15) is 0 Å². The summed E-state index contributed by atoms with van der Waals surface area (Å²) in [7, 11) is 1.23. The summed E-state index contributed by atoms with van der Waals surface area (Å²) in [6.07, 6.45) is 3.93. The van der Waals surface area contributed by atoms with Crippen LogP contribution in [0.5, 0.6) is 0 Å². The van der Waals surface area contributed by atoms with Crippen LogP contribution in [-0.4, -0.2) is 29.0 Å². The van der Waals surface area contributed by atoms with Crippen molar-refractivity contribution in [3.63, 3.8) is 0 Å². The second kappa shape index (κ2) is 8.59. The van der Waals surface area contributed by atoms with E-state index in [1.165, 1.54) is 37.5 Å². The molecule has 0 amide bonds. The van der Waals surface area contributed by atoms with Crippen LogP contribution in [0.2, 0.25) is 0 Å². The number of ether oxygens (including phenoxy) is 1. The van der Waals surface area contributed by atoms with Crippen LogP contribution in [0.25, 0.3) is 23.4 Å². The number of hydrogen-bond acceptors (Lipinski definition) is 4. The Balaban J connectivity index is 2.13. The second-order valence-electron chi connectivity index (χ2n) is 6.91. The van der Waals surface area contributed by atoms with Crippen LogP contribution in [0.3, 0.4) is 0 Å². The first-order chi connectivity index (χ1) is 13.8. The summed E-state index contributed by atoms with van der Waals surface area (Å²) in [5, 5.41) is 0. The van der Waals surface area contributed by atoms with Gasteiger partial charge in [0.2, 0.25) is 5.92 Å². The number of alkyl halides is 2. The first-order valence-corrected chi connectivity index (χ1v) is 9.29. The summed E-state index contributed by atoms with van der Waals surface area (Å²) in [5.74, 6) is -3.75. The van der Waals surface area contributed by atoms with E-state index in [2.05, 4.69) is 16.5 Å². The fourth-order valence-corrected chi connectivity index (χ4v) is 3.28. The summed E-state index contributed by atoms with van der Waals surface area (Å²) < 4.78 is 45.5. The first-order valence-electron chi connectivity index (χ1n) is 9.29. The molecule has 0 unspecified atom stereocenters. The van der Waals surface area contributed by atoms with Gasteiger partial charge in [0.1, 0.15) is 5.82 Å². The third-order valence-corrected chi connectivity index (χ3v) is 4.83. The van der Waals surface area contributed by atoms with Crippen molar-refractivity contribution in [3.05, 3.63) is 59.3 Å². The summed E-state index contributed by atoms with van der Waals surface area (Å²) in [6, 6.07) is 5.60. The summed E-state index contributed by atoms with van der Waals surface area (Å²) >= 11 is 0. The molecule has 0 bridgehead atoms. The van der Waals surface area contributed by atoms with Gasteiger partial charge in [-0.1, -0.05) is 12.2 Å². The molecular formula is C22H21F3N2O2. The Morgan fingerprint density at radius 3 is 2.52 bits per heavy atom. The minimum atomic E-state index is -2.66. The Morgan fingerprint density at radius 1 is 1.14 bits per heavy atom. The lowest BCUT2D eigenvalue weighted by Gasteiger charge is -2.12. The lowest BCUT2D eigenvalue weighted by atomic mass is 10.0. The molecule has 29 heavy (non-hydrogen) atoms. The van der Waals surface area contributed by atoms with Crippen LogP contribution >= 0.6 is 0 Å². The van der Waals surface area contributed by atoms with Gasteiger partial charge in [0, 0.05) is 18.4 Å². The summed E-state index contributed by atoms with van der Waals surface area (Å²) in [5.41, 5.74) is 2.36. The number of carbonyl (C=O) groups is 1. The molecule has 0 radical (unpaired) electrons. The SMILES string of the molecule is C=Cc1nc(/C=C2/CCCC(F)(F)CC2)c(-c2ccc(F)cc2)nc1C(=O)OC. The van der Waals surface area contributed by atoms with E-state index in [4.69, 9.17) is 4.74 Å². The van der Waals surface area contributed by atoms with Crippen LogP contribution in [0.1, 0.15) is 54.0 Å². The molecule has 1 aromatic carbocycles. The minimum Gasteiger partial charge on any atom is -0.464 e. The smallest absolute Gasteiger partial charge is 0.358 e. The van der Waals surface area contributed by atoms with Crippen LogP contribution in [0.15, 0.2) is 36.4 Å². The van der Waals surface area contributed by atoms with Crippen LogP contribution in [0.4, 0.5) is 13.2 Å². The Morgan fingerprint density at radius 2 is 1.86 bits per heavy atom. The molecule has 2 aromatic rings. The van der Waals surface area contributed by atoms with Crippen molar-refractivity contribution in [2.45, 2.75) is 38.0 Å². The number of allylic oxidation sites excluding steroid dienone is 1. The highest BCUT2D eigenvalue weighted by Crippen LogP contribution is 2.35. The Kier molecular flexibility index (Phi) is 6.15. The predicted molar refractivity (Wildman–Crippen MR) is 105 cm³/mol. The largest absolute Gasteiger partial charge is 0.464 e. The number of rotatable bonds is 4. The molecule has 0 aliphatic heterocycles. The average Bonchev–Trinajstić information content (AvgIpc) is 2.88. The lowest BCUT2D eigenvalue weighted by Crippen LogP contribution is -2.13. The standard InChI is InChI=1S/C22H21F3N2O2/c1-3-17-20(21(28)29-2)27-19(15-6-8-16(23)9-7-15)18(26-17)13-14-5-4-11-22(24,25)12-10-14/h3,6-9,13H,1,4-5,10-12H2,2H3/b14-13-. The number of carbonyl (C=O) groups excluding carboxylic acids is 1. The van der Waals surface area contributed by atoms with Crippen molar-refractivity contribution < 1.29 is 22.7 Å². The Bertz CT molecular complexity index is 953. The van der Waals surface area contributed by atoms with E-state index in [1.54, 1.807) is 6.08 Å². The molecular weight excluding hydrogens is 381 g/mol. The number of benzene rings is 1. The molecule has 1 fully saturated rings. The maximum Gasteiger partial charge on any atom is 0.358 e. The van der Waals surface area contributed by atoms with Crippen molar-refractivity contribution in [2.75, 3.05) is 7.11 Å². The molecule has 0 spiro atoms. The van der Waals surface area contributed by atoms with Crippen molar-refractivity contribution in [3.8, 4) is 11.3 Å². The zero-order valence-electron chi connectivity index (χ0n) is 16.1. The molecule has 3 rings (SSSR count). The maximum absolute atomic E-state index is 13.7. The molecule has 1 aliphatic rings. The van der Waals surface area contributed by atoms with Crippen molar-refractivity contribution >= 4 is 18.1 Å². The number of aromatic nitrogens is 2. The van der Waals surface area contributed by atoms with Gasteiger partial charge in [0.25, 0.3) is 0 Å². The molecule has 1 heterocycles. The van der Waals surface area contributed by atoms with Gasteiger partial charge in [0.15, 0.2) is 5.69 Å². The molecule has 1 saturated carbocycles. The molecule has 1 aromatic heterocycles. The van der Waals surface area contributed by atoms with E-state index in [9.17, 15) is 18.0 Å². The topological polar surface area (TPSA) is 52.1 Å². The summed E-state index contributed by atoms with van der Waals surface area (Å²) in [4.78, 5) is 21.0. The normalized spacial score (nSPS) is 17.6. The van der Waals surface area contributed by atoms with Gasteiger partial charge in [0.05, 0.1) is 24.2 Å². The number of esters is 1. The van der Waals surface area contributed by atoms with Gasteiger partial charge >= 0.3 is 5.97 Å². The van der Waals surface area contributed by atoms with Crippen molar-refractivity contribution in [1.82, 2.24) is 9.97 Å². The third-order valence-electron chi connectivity index (χ3n) is 4.83. The highest BCUT2D eigenvalue weighted by atomic mass is 19.3. The molecule has 0 N–H and O–H groups in total. The second-order valence-corrected chi connectivity index (χ2v) is 6.91. The monoisotopic (exact) mass is 402 g/mol. The first kappa shape index (κ1) is 20.8. The van der Waals surface area contributed by atoms with E-state index in [1.807, 2.05) is 0 Å². The highest BCUT2D eigenvalue weighted by molar-refractivity contribution is 5.92. The molecule has 0 atom stereocenters. The van der Waals surface area contributed by atoms with Crippen molar-refractivity contribution in [1.29, 1.82) is 0 Å². The molecule has 7 heteroatoms. The zero-order chi connectivity index (χ0) is 21.0. The highest BCUT2D eigenvalue weighted by Gasteiger charge is 2.30. The minimum absolute atomic E-state index is 0.0172. The van der Waals surface area contributed by atoms with E-state index in [0.29, 0.717) is 29.8 Å². The van der Waals surface area contributed by atoms with Gasteiger partial charge in [-0.3, -0.25) is 0 Å². The Labute approximate surface area is 167 Å². The predicted octanol–water partition coefficient (Wildman–Crippen LogP) is 5.70. The maximum atomic E-state index is 13.7. The fraction of sp³-hybridized carbons (Fsp3) is 0.318. The quantitative estimate of drug-likeness (QED) is 0.487. The summed E-state index contributed by atoms with van der Waals surface area (Å²) in [6.45, 7) is 3.66. The van der Waals surface area contributed by atoms with Gasteiger partial charge in [-0.05, 0) is 55.7 Å².